The van der Waals surface area contributed by atoms with Gasteiger partial charge in [-0.15, -0.1) is 11.8 Å². The van der Waals surface area contributed by atoms with E-state index in [0.29, 0.717) is 6.04 Å². The van der Waals surface area contributed by atoms with Gasteiger partial charge < -0.3 is 10.1 Å². The molecule has 0 saturated heterocycles. The molecule has 3 rings (SSSR count). The van der Waals surface area contributed by atoms with E-state index in [2.05, 4.69) is 48.0 Å². The number of nitrogens with one attached hydrogen (secondary N) is 1. The Labute approximate surface area is 130 Å². The summed E-state index contributed by atoms with van der Waals surface area (Å²) in [5.74, 6) is 1.66. The molecule has 0 aliphatic heterocycles. The highest BCUT2D eigenvalue weighted by Gasteiger charge is 2.32. The largest absolute Gasteiger partial charge is 0.497 e. The summed E-state index contributed by atoms with van der Waals surface area (Å²) in [6, 6.07) is 17.5. The molecule has 0 amide bonds. The molecule has 0 radical (unpaired) electrons. The lowest BCUT2D eigenvalue weighted by molar-refractivity contribution is 0.414. The minimum absolute atomic E-state index is 0.399. The van der Waals surface area contributed by atoms with E-state index in [1.54, 1.807) is 18.9 Å². The molecule has 1 fully saturated rings. The van der Waals surface area contributed by atoms with Crippen molar-refractivity contribution in [2.45, 2.75) is 23.8 Å². The average molecular weight is 299 g/mol. The molecule has 2 nitrogen and oxygen atoms in total. The molecule has 1 unspecified atom stereocenters. The summed E-state index contributed by atoms with van der Waals surface area (Å²) in [6.07, 6.45) is 4.73. The molecule has 1 aliphatic rings. The fraction of sp³-hybridized carbons (Fsp3) is 0.333. The van der Waals surface area contributed by atoms with Crippen LogP contribution in [0.4, 0.5) is 5.69 Å². The second kappa shape index (κ2) is 6.44. The Kier molecular flexibility index (Phi) is 4.39. The molecule has 0 spiro atoms. The number of benzene rings is 2. The van der Waals surface area contributed by atoms with Crippen molar-refractivity contribution in [1.82, 2.24) is 0 Å². The summed E-state index contributed by atoms with van der Waals surface area (Å²) < 4.78 is 5.25. The fourth-order valence-corrected chi connectivity index (χ4v) is 2.99. The van der Waals surface area contributed by atoms with Gasteiger partial charge in [-0.2, -0.15) is 0 Å². The molecule has 21 heavy (non-hydrogen) atoms. The van der Waals surface area contributed by atoms with Crippen molar-refractivity contribution in [3.63, 3.8) is 0 Å². The Bertz CT molecular complexity index is 575. The first-order valence-electron chi connectivity index (χ1n) is 7.34. The van der Waals surface area contributed by atoms with Gasteiger partial charge in [0.1, 0.15) is 5.75 Å². The van der Waals surface area contributed by atoms with Crippen molar-refractivity contribution >= 4 is 17.4 Å². The van der Waals surface area contributed by atoms with Gasteiger partial charge in [-0.25, -0.2) is 0 Å². The first kappa shape index (κ1) is 14.3. The predicted octanol–water partition coefficient (Wildman–Crippen LogP) is 4.98. The Morgan fingerprint density at radius 3 is 2.24 bits per heavy atom. The van der Waals surface area contributed by atoms with Crippen molar-refractivity contribution in [1.29, 1.82) is 0 Å². The van der Waals surface area contributed by atoms with E-state index in [-0.39, 0.29) is 0 Å². The molecule has 2 aromatic carbocycles. The number of thioether (sulfide) groups is 1. The normalized spacial score (nSPS) is 15.5. The van der Waals surface area contributed by atoms with E-state index in [1.165, 1.54) is 29.0 Å². The number of methoxy groups -OCH3 is 1. The van der Waals surface area contributed by atoms with Crippen molar-refractivity contribution < 1.29 is 4.74 Å². The number of ether oxygens (including phenoxy) is 1. The maximum Gasteiger partial charge on any atom is 0.118 e. The topological polar surface area (TPSA) is 21.3 Å². The van der Waals surface area contributed by atoms with Crippen LogP contribution in [-0.2, 0) is 0 Å². The van der Waals surface area contributed by atoms with Crippen molar-refractivity contribution in [2.75, 3.05) is 18.7 Å². The van der Waals surface area contributed by atoms with Gasteiger partial charge in [0.25, 0.3) is 0 Å². The third kappa shape index (κ3) is 3.53. The van der Waals surface area contributed by atoms with Gasteiger partial charge >= 0.3 is 0 Å². The quantitative estimate of drug-likeness (QED) is 0.760. The predicted molar refractivity (Wildman–Crippen MR) is 90.3 cm³/mol. The lowest BCUT2D eigenvalue weighted by Crippen LogP contribution is -2.12. The van der Waals surface area contributed by atoms with Gasteiger partial charge in [0, 0.05) is 10.6 Å². The molecular weight excluding hydrogens is 278 g/mol. The lowest BCUT2D eigenvalue weighted by Gasteiger charge is -2.20. The van der Waals surface area contributed by atoms with Crippen molar-refractivity contribution in [2.24, 2.45) is 5.92 Å². The van der Waals surface area contributed by atoms with E-state index < -0.39 is 0 Å². The highest BCUT2D eigenvalue weighted by molar-refractivity contribution is 7.98. The Morgan fingerprint density at radius 2 is 1.71 bits per heavy atom. The third-order valence-electron chi connectivity index (χ3n) is 3.98. The van der Waals surface area contributed by atoms with Gasteiger partial charge in [0.05, 0.1) is 13.2 Å². The molecule has 1 atom stereocenters. The zero-order chi connectivity index (χ0) is 14.7. The van der Waals surface area contributed by atoms with Crippen LogP contribution in [0.1, 0.15) is 24.4 Å². The van der Waals surface area contributed by atoms with Crippen molar-refractivity contribution in [3.05, 3.63) is 54.1 Å². The summed E-state index contributed by atoms with van der Waals surface area (Å²) in [5, 5.41) is 3.70. The van der Waals surface area contributed by atoms with Crippen LogP contribution in [0.5, 0.6) is 5.75 Å². The van der Waals surface area contributed by atoms with Gasteiger partial charge in [-0.3, -0.25) is 0 Å². The van der Waals surface area contributed by atoms with Crippen molar-refractivity contribution in [3.8, 4) is 5.75 Å². The maximum atomic E-state index is 5.25. The fourth-order valence-electron chi connectivity index (χ4n) is 2.58. The standard InChI is InChI=1S/C18H21NOS/c1-20-16-9-5-14(6-10-16)18(13-3-4-13)19-15-7-11-17(21-2)12-8-15/h5-13,18-19H,3-4H2,1-2H3. The summed E-state index contributed by atoms with van der Waals surface area (Å²) in [6.45, 7) is 0. The molecule has 1 N–H and O–H groups in total. The molecule has 0 aromatic heterocycles. The smallest absolute Gasteiger partial charge is 0.118 e. The molecule has 1 saturated carbocycles. The first-order chi connectivity index (χ1) is 10.3. The van der Waals surface area contributed by atoms with Gasteiger partial charge in [0.15, 0.2) is 0 Å². The first-order valence-corrected chi connectivity index (χ1v) is 8.57. The van der Waals surface area contributed by atoms with E-state index in [9.17, 15) is 0 Å². The van der Waals surface area contributed by atoms with Crippen LogP contribution in [0.2, 0.25) is 0 Å². The van der Waals surface area contributed by atoms with Crippen LogP contribution in [0.15, 0.2) is 53.4 Å². The van der Waals surface area contributed by atoms with Crippen LogP contribution in [0.3, 0.4) is 0 Å². The highest BCUT2D eigenvalue weighted by atomic mass is 32.2. The summed E-state index contributed by atoms with van der Waals surface area (Å²) in [7, 11) is 1.71. The minimum atomic E-state index is 0.399. The minimum Gasteiger partial charge on any atom is -0.497 e. The maximum absolute atomic E-state index is 5.25. The summed E-state index contributed by atoms with van der Waals surface area (Å²) in [5.41, 5.74) is 2.53. The Balaban J connectivity index is 1.77. The molecule has 1 aliphatic carbocycles. The number of anilines is 1. The highest BCUT2D eigenvalue weighted by Crippen LogP contribution is 2.43. The summed E-state index contributed by atoms with van der Waals surface area (Å²) in [4.78, 5) is 1.30. The molecule has 110 valence electrons. The zero-order valence-corrected chi connectivity index (χ0v) is 13.3. The Morgan fingerprint density at radius 1 is 1.05 bits per heavy atom. The van der Waals surface area contributed by atoms with E-state index >= 15 is 0 Å². The molecule has 2 aromatic rings. The zero-order valence-electron chi connectivity index (χ0n) is 12.5. The van der Waals surface area contributed by atoms with Crippen LogP contribution < -0.4 is 10.1 Å². The molecular formula is C18H21NOS. The lowest BCUT2D eigenvalue weighted by atomic mass is 10.0. The van der Waals surface area contributed by atoms with E-state index in [1.807, 2.05) is 12.1 Å². The monoisotopic (exact) mass is 299 g/mol. The van der Waals surface area contributed by atoms with E-state index in [4.69, 9.17) is 4.74 Å². The number of rotatable bonds is 6. The SMILES string of the molecule is COc1ccc(C(Nc2ccc(SC)cc2)C2CC2)cc1. The van der Waals surface area contributed by atoms with Crippen LogP contribution in [0.25, 0.3) is 0 Å². The van der Waals surface area contributed by atoms with Gasteiger partial charge in [0.2, 0.25) is 0 Å². The average Bonchev–Trinajstić information content (AvgIpc) is 3.38. The number of hydrogen-bond acceptors (Lipinski definition) is 3. The van der Waals surface area contributed by atoms with Gasteiger partial charge in [-0.1, -0.05) is 12.1 Å². The summed E-state index contributed by atoms with van der Waals surface area (Å²) >= 11 is 1.77. The van der Waals surface area contributed by atoms with Gasteiger partial charge in [-0.05, 0) is 67.0 Å². The molecule has 0 bridgehead atoms. The van der Waals surface area contributed by atoms with Crippen LogP contribution >= 0.6 is 11.8 Å². The molecule has 3 heteroatoms. The second-order valence-corrected chi connectivity index (χ2v) is 6.34. The van der Waals surface area contributed by atoms with Crippen LogP contribution in [0, 0.1) is 5.92 Å². The van der Waals surface area contributed by atoms with E-state index in [0.717, 1.165) is 11.7 Å². The Hall–Kier alpha value is -1.61. The second-order valence-electron chi connectivity index (χ2n) is 5.46. The third-order valence-corrected chi connectivity index (χ3v) is 4.72. The van der Waals surface area contributed by atoms with Crippen LogP contribution in [-0.4, -0.2) is 13.4 Å². The molecule has 0 heterocycles. The number of hydrogen-bond donors (Lipinski definition) is 1.